The Labute approximate surface area is 304 Å². The lowest BCUT2D eigenvalue weighted by Gasteiger charge is -2.38. The van der Waals surface area contributed by atoms with Crippen LogP contribution in [0.25, 0.3) is 22.5 Å². The number of H-pyrrole nitrogens is 1. The quantitative estimate of drug-likeness (QED) is 0.164. The maximum Gasteiger partial charge on any atom is 0.245 e. The first-order chi connectivity index (χ1) is 25.3. The average Bonchev–Trinajstić information content (AvgIpc) is 3.82. The van der Waals surface area contributed by atoms with Gasteiger partial charge in [-0.15, -0.1) is 10.2 Å². The molecular weight excluding hydrogens is 649 g/mol. The Morgan fingerprint density at radius 3 is 2.17 bits per heavy atom. The van der Waals surface area contributed by atoms with Crippen LogP contribution in [0.3, 0.4) is 0 Å². The number of aromatic amines is 1. The molecule has 4 aromatic carbocycles. The highest BCUT2D eigenvalue weighted by molar-refractivity contribution is 5.93. The molecule has 7 rings (SSSR count). The van der Waals surface area contributed by atoms with E-state index in [9.17, 15) is 9.59 Å². The summed E-state index contributed by atoms with van der Waals surface area (Å²) in [4.78, 5) is 37.4. The number of rotatable bonds is 11. The number of amides is 2. The number of hydrogen-bond acceptors (Lipinski definition) is 6. The van der Waals surface area contributed by atoms with Crippen LogP contribution in [-0.4, -0.2) is 71.9 Å². The van der Waals surface area contributed by atoms with Crippen molar-refractivity contribution in [2.75, 3.05) is 14.1 Å². The van der Waals surface area contributed by atoms with Crippen LogP contribution in [0.2, 0.25) is 0 Å². The smallest absolute Gasteiger partial charge is 0.245 e. The minimum absolute atomic E-state index is 0.0952. The van der Waals surface area contributed by atoms with Gasteiger partial charge in [0.1, 0.15) is 11.9 Å². The third-order valence-electron chi connectivity index (χ3n) is 10.0. The second-order valence-corrected chi connectivity index (χ2v) is 13.7. The fourth-order valence-electron chi connectivity index (χ4n) is 7.41. The van der Waals surface area contributed by atoms with Crippen LogP contribution >= 0.6 is 0 Å². The van der Waals surface area contributed by atoms with Gasteiger partial charge >= 0.3 is 0 Å². The molecule has 1 atom stereocenters. The maximum atomic E-state index is 14.8. The zero-order valence-corrected chi connectivity index (χ0v) is 30.2. The molecule has 2 amide bonds. The van der Waals surface area contributed by atoms with E-state index in [1.165, 1.54) is 0 Å². The third kappa shape index (κ3) is 6.88. The molecule has 1 unspecified atom stereocenters. The minimum atomic E-state index is -0.662. The van der Waals surface area contributed by atoms with Crippen molar-refractivity contribution < 1.29 is 9.59 Å². The normalized spacial score (nSPS) is 14.0. The van der Waals surface area contributed by atoms with Crippen molar-refractivity contribution in [2.45, 2.75) is 64.6 Å². The molecule has 0 aliphatic carbocycles. The number of likely N-dealkylation sites (N-methyl/N-ethyl adjacent to an activating group) is 1. The van der Waals surface area contributed by atoms with E-state index >= 15 is 0 Å². The molecule has 0 fully saturated rings. The monoisotopic (exact) mass is 692 g/mol. The number of aromatic nitrogens is 6. The summed E-state index contributed by atoms with van der Waals surface area (Å²) < 4.78 is 2.30. The summed E-state index contributed by atoms with van der Waals surface area (Å²) in [5.74, 6) is 0.805. The standard InChI is InChI=1S/C42H44N8O2/c1-5-6-21-38-43-35-27-50(42(52)39(30-15-9-7-10-16-30)31-17-11-8-12-18-31)37(41(51)48(3)4)25-36(35)49(38)26-29-22-23-32(28(2)24-29)33-19-13-14-20-34(33)40-44-46-47-45-40/h7-20,22-24,37,39H,5-6,21,25-27H2,1-4H3,(H,44,45,46,47). The predicted octanol–water partition coefficient (Wildman–Crippen LogP) is 6.60. The van der Waals surface area contributed by atoms with Crippen LogP contribution < -0.4 is 0 Å². The lowest BCUT2D eigenvalue weighted by molar-refractivity contribution is -0.146. The van der Waals surface area contributed by atoms with Gasteiger partial charge in [-0.05, 0) is 51.9 Å². The SMILES string of the molecule is CCCCc1nc2c(n1Cc1ccc(-c3ccccc3-c3nn[nH]n3)c(C)c1)CC(C(=O)N(C)C)N(C(=O)C(c1ccccc1)c1ccccc1)C2. The highest BCUT2D eigenvalue weighted by Crippen LogP contribution is 2.35. The molecule has 0 bridgehead atoms. The van der Waals surface area contributed by atoms with Crippen molar-refractivity contribution in [3.63, 3.8) is 0 Å². The number of hydrogen-bond donors (Lipinski definition) is 1. The van der Waals surface area contributed by atoms with Gasteiger partial charge < -0.3 is 14.4 Å². The summed E-state index contributed by atoms with van der Waals surface area (Å²) in [6.07, 6.45) is 3.24. The van der Waals surface area contributed by atoms with Crippen LogP contribution in [0, 0.1) is 6.92 Å². The molecule has 1 N–H and O–H groups in total. The van der Waals surface area contributed by atoms with Crippen molar-refractivity contribution in [2.24, 2.45) is 0 Å². The molecule has 10 heteroatoms. The molecular formula is C42H44N8O2. The average molecular weight is 693 g/mol. The van der Waals surface area contributed by atoms with Crippen LogP contribution in [0.1, 0.15) is 65.1 Å². The lowest BCUT2D eigenvalue weighted by Crippen LogP contribution is -2.53. The fraction of sp³-hybridized carbons (Fsp3) is 0.286. The van der Waals surface area contributed by atoms with E-state index in [1.54, 1.807) is 23.9 Å². The van der Waals surface area contributed by atoms with E-state index in [0.29, 0.717) is 18.8 Å². The van der Waals surface area contributed by atoms with Gasteiger partial charge in [-0.25, -0.2) is 4.98 Å². The summed E-state index contributed by atoms with van der Waals surface area (Å²) in [6, 6.07) is 33.7. The zero-order chi connectivity index (χ0) is 36.2. The number of carbonyl (C=O) groups excluding carboxylic acids is 2. The van der Waals surface area contributed by atoms with Crippen LogP contribution in [0.4, 0.5) is 0 Å². The molecule has 0 spiro atoms. The maximum absolute atomic E-state index is 14.8. The first kappa shape index (κ1) is 34.5. The summed E-state index contributed by atoms with van der Waals surface area (Å²) in [7, 11) is 3.52. The summed E-state index contributed by atoms with van der Waals surface area (Å²) in [5, 5.41) is 14.8. The highest BCUT2D eigenvalue weighted by Gasteiger charge is 2.41. The number of benzene rings is 4. The van der Waals surface area contributed by atoms with Gasteiger partial charge in [0, 0.05) is 44.7 Å². The van der Waals surface area contributed by atoms with Gasteiger partial charge in [-0.2, -0.15) is 5.21 Å². The molecule has 10 nitrogen and oxygen atoms in total. The summed E-state index contributed by atoms with van der Waals surface area (Å²) in [5.41, 5.74) is 8.99. The molecule has 264 valence electrons. The van der Waals surface area contributed by atoms with Gasteiger partial charge in [-0.1, -0.05) is 116 Å². The first-order valence-electron chi connectivity index (χ1n) is 18.0. The number of fused-ring (bicyclic) bond motifs is 1. The van der Waals surface area contributed by atoms with E-state index in [-0.39, 0.29) is 18.4 Å². The van der Waals surface area contributed by atoms with Crippen molar-refractivity contribution >= 4 is 11.8 Å². The number of carbonyl (C=O) groups is 2. The molecule has 0 saturated carbocycles. The zero-order valence-electron chi connectivity index (χ0n) is 30.2. The first-order valence-corrected chi connectivity index (χ1v) is 18.0. The van der Waals surface area contributed by atoms with E-state index in [0.717, 1.165) is 75.4 Å². The Morgan fingerprint density at radius 2 is 1.56 bits per heavy atom. The Balaban J connectivity index is 1.25. The Kier molecular flexibility index (Phi) is 10.1. The highest BCUT2D eigenvalue weighted by atomic mass is 16.2. The van der Waals surface area contributed by atoms with Gasteiger partial charge in [-0.3, -0.25) is 9.59 Å². The van der Waals surface area contributed by atoms with Crippen molar-refractivity contribution in [3.05, 3.63) is 143 Å². The topological polar surface area (TPSA) is 113 Å². The Morgan fingerprint density at radius 1 is 0.885 bits per heavy atom. The van der Waals surface area contributed by atoms with Crippen molar-refractivity contribution in [1.82, 2.24) is 40.0 Å². The summed E-state index contributed by atoms with van der Waals surface area (Å²) in [6.45, 7) is 5.19. The minimum Gasteiger partial charge on any atom is -0.347 e. The lowest BCUT2D eigenvalue weighted by atomic mass is 9.88. The second-order valence-electron chi connectivity index (χ2n) is 13.7. The molecule has 3 heterocycles. The summed E-state index contributed by atoms with van der Waals surface area (Å²) >= 11 is 0. The van der Waals surface area contributed by atoms with E-state index in [4.69, 9.17) is 4.98 Å². The van der Waals surface area contributed by atoms with Crippen molar-refractivity contribution in [1.29, 1.82) is 0 Å². The number of unbranched alkanes of at least 4 members (excludes halogenated alkanes) is 1. The molecule has 2 aromatic heterocycles. The number of imidazole rings is 1. The molecule has 52 heavy (non-hydrogen) atoms. The van der Waals surface area contributed by atoms with Gasteiger partial charge in [0.05, 0.1) is 18.2 Å². The van der Waals surface area contributed by atoms with Crippen LogP contribution in [0.5, 0.6) is 0 Å². The fourth-order valence-corrected chi connectivity index (χ4v) is 7.41. The van der Waals surface area contributed by atoms with E-state index in [1.807, 2.05) is 78.9 Å². The Hall–Kier alpha value is -5.90. The van der Waals surface area contributed by atoms with Gasteiger partial charge in [0.15, 0.2) is 0 Å². The molecule has 1 aliphatic rings. The number of tetrazole rings is 1. The number of nitrogens with one attached hydrogen (secondary N) is 1. The van der Waals surface area contributed by atoms with Crippen LogP contribution in [0.15, 0.2) is 103 Å². The Bertz CT molecular complexity index is 2120. The number of aryl methyl sites for hydroxylation is 2. The van der Waals surface area contributed by atoms with E-state index in [2.05, 4.69) is 63.3 Å². The molecule has 0 saturated heterocycles. The third-order valence-corrected chi connectivity index (χ3v) is 10.0. The predicted molar refractivity (Wildman–Crippen MR) is 201 cm³/mol. The van der Waals surface area contributed by atoms with Crippen LogP contribution in [-0.2, 0) is 35.5 Å². The second kappa shape index (κ2) is 15.1. The van der Waals surface area contributed by atoms with Gasteiger partial charge in [0.2, 0.25) is 17.6 Å². The largest absolute Gasteiger partial charge is 0.347 e. The molecule has 1 aliphatic heterocycles. The van der Waals surface area contributed by atoms with E-state index < -0.39 is 12.0 Å². The van der Waals surface area contributed by atoms with Crippen molar-refractivity contribution in [3.8, 4) is 22.5 Å². The molecule has 6 aromatic rings. The molecule has 0 radical (unpaired) electrons. The number of nitrogens with zero attached hydrogens (tertiary/aromatic N) is 7. The van der Waals surface area contributed by atoms with Gasteiger partial charge in [0.25, 0.3) is 0 Å².